The van der Waals surface area contributed by atoms with Crippen LogP contribution in [0.4, 0.5) is 11.4 Å². The molecule has 0 bridgehead atoms. The summed E-state index contributed by atoms with van der Waals surface area (Å²) in [6.45, 7) is 0. The molecular weight excluding hydrogens is 1390 g/mol. The Balaban J connectivity index is -0.000000236. The molecule has 0 spiro atoms. The number of carboxylic acids is 5. The normalized spacial score (nSPS) is 11.4. The minimum atomic E-state index is -1.16. The molecule has 94 heavy (non-hydrogen) atoms. The molecule has 2 aromatic rings. The predicted octanol–water partition coefficient (Wildman–Crippen LogP) is -2.11. The van der Waals surface area contributed by atoms with Crippen LogP contribution in [0.2, 0.25) is 0 Å². The maximum Gasteiger partial charge on any atom is 0.269 e. The first-order valence-electron chi connectivity index (χ1n) is 24.4. The van der Waals surface area contributed by atoms with Crippen molar-refractivity contribution in [3.8, 4) is 0 Å². The van der Waals surface area contributed by atoms with Crippen LogP contribution < -0.4 is 42.8 Å². The Bertz CT molecular complexity index is 2910. The predicted molar refractivity (Wildman–Crippen MR) is 363 cm³/mol. The van der Waals surface area contributed by atoms with Crippen LogP contribution in [0, 0.1) is 20.2 Å². The van der Waals surface area contributed by atoms with Crippen molar-refractivity contribution in [2.24, 2.45) is 24.4 Å². The summed E-state index contributed by atoms with van der Waals surface area (Å²) in [5, 5.41) is 77.9. The smallest absolute Gasteiger partial charge is 0.269 e. The van der Waals surface area contributed by atoms with Gasteiger partial charge in [-0.3, -0.25) is 49.1 Å². The molecule has 1 aliphatic heterocycles. The first-order chi connectivity index (χ1) is 43.5. The molecule has 0 saturated carbocycles. The van der Waals surface area contributed by atoms with E-state index in [1.165, 1.54) is 130 Å². The summed E-state index contributed by atoms with van der Waals surface area (Å²) in [5.74, 6) is -8.39. The Morgan fingerprint density at radius 1 is 0.628 bits per heavy atom. The van der Waals surface area contributed by atoms with Gasteiger partial charge in [-0.2, -0.15) is 0 Å². The van der Waals surface area contributed by atoms with Crippen molar-refractivity contribution in [3.63, 3.8) is 0 Å². The van der Waals surface area contributed by atoms with Gasteiger partial charge in [0, 0.05) is 73.8 Å². The van der Waals surface area contributed by atoms with Gasteiger partial charge in [0.1, 0.15) is 0 Å². The monoisotopic (exact) mass is 1450 g/mol. The van der Waals surface area contributed by atoms with Gasteiger partial charge in [-0.05, 0) is 24.3 Å². The summed E-state index contributed by atoms with van der Waals surface area (Å²) >= 11 is 5.50. The number of aliphatic carboxylic acids is 5. The van der Waals surface area contributed by atoms with Gasteiger partial charge in [0.2, 0.25) is 16.9 Å². The molecule has 0 fully saturated rings. The van der Waals surface area contributed by atoms with Gasteiger partial charge in [-0.25, -0.2) is 4.79 Å². The molecule has 1 aliphatic rings. The van der Waals surface area contributed by atoms with Gasteiger partial charge in [0.05, 0.1) is 9.85 Å². The number of carboxylic acid groups (broad SMARTS) is 5. The molecule has 1 heterocycles. The number of primary amides is 1. The van der Waals surface area contributed by atoms with E-state index in [-0.39, 0.29) is 76.1 Å². The number of amides is 8. The van der Waals surface area contributed by atoms with Gasteiger partial charge in [-0.1, -0.05) is 0 Å². The third kappa shape index (κ3) is 52.8. The van der Waals surface area contributed by atoms with Crippen molar-refractivity contribution in [3.05, 3.63) is 115 Å². The quantitative estimate of drug-likeness (QED) is 0.00962. The van der Waals surface area contributed by atoms with Gasteiger partial charge in [0.25, 0.3) is 23.2 Å². The largest absolute Gasteiger partial charge is 0.412 e. The second-order valence-electron chi connectivity index (χ2n) is 15.4. The van der Waals surface area contributed by atoms with Crippen LogP contribution >= 0.6 is 73.4 Å². The van der Waals surface area contributed by atoms with E-state index in [2.05, 4.69) is 96.5 Å². The average molecular weight is 1450 g/mol. The van der Waals surface area contributed by atoms with Gasteiger partial charge in [0.15, 0.2) is 0 Å². The maximum atomic E-state index is 11.0. The Morgan fingerprint density at radius 2 is 1.07 bits per heavy atom. The molecule has 510 valence electrons. The average Bonchev–Trinajstić information content (AvgIpc) is 1.42. The van der Waals surface area contributed by atoms with Crippen LogP contribution in [-0.2, 0) is 57.5 Å². The van der Waals surface area contributed by atoms with Crippen LogP contribution in [0.15, 0.2) is 102 Å². The summed E-state index contributed by atoms with van der Waals surface area (Å²) in [4.78, 5) is 168. The summed E-state index contributed by atoms with van der Waals surface area (Å²) in [7, 11) is 19.4. The third-order valence-corrected chi connectivity index (χ3v) is 12.1. The minimum absolute atomic E-state index is 0. The number of likely N-dealkylation sites (N-methyl/N-ethyl adjacent to an activating group) is 4. The molecule has 7 atom stereocenters. The number of carbonyl (C=O) groups excluding carboxylic acids is 9. The number of imide groups is 1. The van der Waals surface area contributed by atoms with Crippen molar-refractivity contribution >= 4 is 194 Å². The molecule has 16 N–H and O–H groups in total. The molecule has 7 unspecified atom stereocenters. The molecule has 8 amide bonds. The fraction of sp³-hybridized carbons (Fsp3) is 0.273. The number of nitrogens with two attached hydrogens (primary N) is 1. The fourth-order valence-corrected chi connectivity index (χ4v) is 6.42. The first kappa shape index (κ1) is 96.3. The zero-order valence-corrected chi connectivity index (χ0v) is 57.2. The Labute approximate surface area is 559 Å². The Kier molecular flexibility index (Phi) is 60.7. The Morgan fingerprint density at radius 3 is 1.38 bits per heavy atom. The summed E-state index contributed by atoms with van der Waals surface area (Å²) < 4.78 is 14.1. The van der Waals surface area contributed by atoms with Crippen LogP contribution in [-0.4, -0.2) is 215 Å². The van der Waals surface area contributed by atoms with E-state index in [4.69, 9.17) is 31.3 Å². The first-order valence-corrected chi connectivity index (χ1v) is 28.7. The number of benzene rings is 2. The van der Waals surface area contributed by atoms with Crippen molar-refractivity contribution in [2.45, 2.75) is 36.6 Å². The minimum Gasteiger partial charge on any atom is -0.412 e. The number of carbonyl (C=O) groups is 14. The van der Waals surface area contributed by atoms with Crippen LogP contribution in [0.3, 0.4) is 0 Å². The molecule has 39 nitrogen and oxygen atoms in total. The maximum absolute atomic E-state index is 11.0. The number of hydrogen-bond donors (Lipinski definition) is 14. The number of nitrogens with zero attached hydrogens (tertiary/aromatic N) is 7. The van der Waals surface area contributed by atoms with E-state index >= 15 is 0 Å². The second-order valence-corrected chi connectivity index (χ2v) is 19.0. The third-order valence-electron chi connectivity index (χ3n) is 9.11. The van der Waals surface area contributed by atoms with E-state index in [9.17, 15) is 87.4 Å². The van der Waals surface area contributed by atoms with Crippen LogP contribution in [0.5, 0.6) is 0 Å². The molecule has 0 aromatic heterocycles. The summed E-state index contributed by atoms with van der Waals surface area (Å²) in [6.07, 6.45) is 7.34. The number of nitro benzene ring substituents is 2. The van der Waals surface area contributed by atoms with Crippen molar-refractivity contribution < 1.29 is 108 Å². The zero-order valence-electron chi connectivity index (χ0n) is 50.0. The molecule has 0 saturated heterocycles. The van der Waals surface area contributed by atoms with Crippen molar-refractivity contribution in [2.75, 3.05) is 42.3 Å². The Hall–Kier alpha value is -8.77. The van der Waals surface area contributed by atoms with Crippen molar-refractivity contribution in [1.29, 1.82) is 0 Å². The fourth-order valence-electron chi connectivity index (χ4n) is 4.57. The van der Waals surface area contributed by atoms with Gasteiger partial charge < -0.3 is 21.6 Å². The SMILES string of the molecule is CN1C(=O)C=CC1=O.CNC(=O)/C(=C\C(=O)O)SB=NP.CNC(=O)/C=C\C(=O)O.CNC(=O)C(CC(=O)O)NB=NP.CNC(=O)CC(NB=NP)C(=O)O.CNC(=O)CC(SB=NP)C(=O)O.NC(=O)c1ccc([N+](=O)[O-])cc1.O.O=C(S)c1ccc([N+](=O)[O-])cc1. The van der Waals surface area contributed by atoms with Crippen LogP contribution in [0.25, 0.3) is 0 Å². The second kappa shape index (κ2) is 59.3. The van der Waals surface area contributed by atoms with Crippen LogP contribution in [0.1, 0.15) is 40.0 Å². The molecule has 0 radical (unpaired) electrons. The zero-order chi connectivity index (χ0) is 72.8. The van der Waals surface area contributed by atoms with Crippen molar-refractivity contribution in [1.82, 2.24) is 41.9 Å². The molecular formula is C44H65B4N15O24P4S3. The van der Waals surface area contributed by atoms with E-state index in [1.807, 2.05) is 9.39 Å². The number of thiol groups is 1. The molecule has 3 rings (SSSR count). The molecule has 0 aliphatic carbocycles. The summed E-state index contributed by atoms with van der Waals surface area (Å²) in [5.41, 5.74) is 5.46. The van der Waals surface area contributed by atoms with Gasteiger partial charge >= 0.3 is 326 Å². The standard InChI is InChI=1S/C7H6N2O3.C7H5NO3S.2C5H11BN3O3P.C5H8BN2O3PS.C5H10BN2O3PS.C5H7NO3.C5H5NO2.H2O/c8-7(10)5-1-3-6(4-2-5)9(11)12;9-7(12)5-1-3-6(4-2-5)8(10)11;1-7-5(12)3(2-4(10)11)8-6-9-13;1-7-4(10)2-3(5(11)12)8-6-9-13;1-7-5(11)3(2-4(9)10)13-6-8-12;1-7-4(9)2-3(5(10)11)13-6-8-12;1-6-4(7)2-3-5(8)9;1-6-4(7)2-3-5(6)8;/h1-4H,(H2,8,10);1-4H,(H,9,12);3,8H,2,13H2,1H3,(H,7,12)(H,10,11);3,8H,2,13H2,1H3,(H,7,10)(H,11,12);2H,12H2,1H3,(H,7,11)(H,9,10);3H,2,12H2,1H3,(H,7,9)(H,10,11);2-3H,1H3,(H,6,7)(H,8,9);2-3H,1H3;1H2/b;;;;3-2+;;3-2-;;. The van der Waals surface area contributed by atoms with E-state index < -0.39 is 79.9 Å². The number of non-ortho nitro benzene ring substituents is 2. The number of hydrogen-bond acceptors (Lipinski definition) is 24. The topological polar surface area (TPSA) is 621 Å². The summed E-state index contributed by atoms with van der Waals surface area (Å²) in [6, 6.07) is 8.66. The molecule has 2 aromatic carbocycles. The number of nitrogens with one attached hydrogen (secondary N) is 7. The van der Waals surface area contributed by atoms with E-state index in [0.717, 1.165) is 46.4 Å². The van der Waals surface area contributed by atoms with E-state index in [0.29, 0.717) is 5.56 Å². The van der Waals surface area contributed by atoms with Gasteiger partial charge in [-0.15, -0.1) is 12.6 Å². The van der Waals surface area contributed by atoms with E-state index in [1.54, 1.807) is 0 Å². The molecule has 50 heteroatoms. The number of nitro groups is 2. The number of rotatable bonds is 25.